The molecular formula is C14H17FO3. The fraction of sp³-hybridized carbons (Fsp3) is 0.500. The predicted octanol–water partition coefficient (Wildman–Crippen LogP) is 2.69. The van der Waals surface area contributed by atoms with E-state index in [4.69, 9.17) is 5.11 Å². The molecule has 0 bridgehead atoms. The smallest absolute Gasteiger partial charge is 0.306 e. The lowest BCUT2D eigenvalue weighted by atomic mass is 9.70. The molecule has 3 nitrogen and oxygen atoms in total. The molecule has 4 heteroatoms. The summed E-state index contributed by atoms with van der Waals surface area (Å²) in [5.41, 5.74) is -0.896. The van der Waals surface area contributed by atoms with E-state index in [0.717, 1.165) is 12.8 Å². The first-order valence-electron chi connectivity index (χ1n) is 6.21. The third-order valence-electron chi connectivity index (χ3n) is 3.74. The molecule has 18 heavy (non-hydrogen) atoms. The molecule has 1 aromatic rings. The second-order valence-corrected chi connectivity index (χ2v) is 4.99. The highest BCUT2D eigenvalue weighted by molar-refractivity contribution is 5.68. The molecule has 1 aliphatic carbocycles. The SMILES string of the molecule is O=C(O)CC1(O)CCCCC1c1ccccc1F. The summed E-state index contributed by atoms with van der Waals surface area (Å²) in [6, 6.07) is 6.30. The van der Waals surface area contributed by atoms with Crippen molar-refractivity contribution >= 4 is 5.97 Å². The lowest BCUT2D eigenvalue weighted by Crippen LogP contribution is -2.41. The average Bonchev–Trinajstić information content (AvgIpc) is 2.29. The highest BCUT2D eigenvalue weighted by atomic mass is 19.1. The lowest BCUT2D eigenvalue weighted by molar-refractivity contribution is -0.145. The number of benzene rings is 1. The van der Waals surface area contributed by atoms with Gasteiger partial charge in [0.15, 0.2) is 0 Å². The van der Waals surface area contributed by atoms with E-state index in [-0.39, 0.29) is 12.2 Å². The molecule has 1 fully saturated rings. The van der Waals surface area contributed by atoms with E-state index in [0.29, 0.717) is 18.4 Å². The van der Waals surface area contributed by atoms with Crippen LogP contribution < -0.4 is 0 Å². The van der Waals surface area contributed by atoms with Crippen molar-refractivity contribution in [3.05, 3.63) is 35.6 Å². The van der Waals surface area contributed by atoms with Crippen molar-refractivity contribution in [1.29, 1.82) is 0 Å². The van der Waals surface area contributed by atoms with Crippen LogP contribution in [0.15, 0.2) is 24.3 Å². The maximum atomic E-state index is 13.8. The number of carboxylic acid groups (broad SMARTS) is 1. The summed E-state index contributed by atoms with van der Waals surface area (Å²) in [5.74, 6) is -1.84. The van der Waals surface area contributed by atoms with Crippen molar-refractivity contribution < 1.29 is 19.4 Å². The number of aliphatic hydroxyl groups is 1. The van der Waals surface area contributed by atoms with E-state index in [9.17, 15) is 14.3 Å². The third kappa shape index (κ3) is 2.53. The minimum atomic E-state index is -1.33. The number of hydrogen-bond donors (Lipinski definition) is 2. The minimum absolute atomic E-state index is 0.327. The van der Waals surface area contributed by atoms with Gasteiger partial charge < -0.3 is 10.2 Å². The Morgan fingerprint density at radius 3 is 2.78 bits per heavy atom. The second kappa shape index (κ2) is 5.06. The summed E-state index contributed by atoms with van der Waals surface area (Å²) < 4.78 is 13.8. The molecule has 2 N–H and O–H groups in total. The summed E-state index contributed by atoms with van der Waals surface area (Å²) in [5, 5.41) is 19.4. The largest absolute Gasteiger partial charge is 0.481 e. The highest BCUT2D eigenvalue weighted by Gasteiger charge is 2.42. The van der Waals surface area contributed by atoms with Crippen LogP contribution in [0.2, 0.25) is 0 Å². The van der Waals surface area contributed by atoms with Gasteiger partial charge in [-0.05, 0) is 24.5 Å². The second-order valence-electron chi connectivity index (χ2n) is 4.99. The van der Waals surface area contributed by atoms with Gasteiger partial charge in [0.05, 0.1) is 12.0 Å². The maximum absolute atomic E-state index is 13.8. The molecule has 0 radical (unpaired) electrons. The fourth-order valence-electron chi connectivity index (χ4n) is 2.90. The normalized spacial score (nSPS) is 28.0. The van der Waals surface area contributed by atoms with Gasteiger partial charge in [-0.25, -0.2) is 4.39 Å². The zero-order chi connectivity index (χ0) is 13.2. The van der Waals surface area contributed by atoms with Crippen LogP contribution in [-0.2, 0) is 4.79 Å². The quantitative estimate of drug-likeness (QED) is 0.869. The van der Waals surface area contributed by atoms with Gasteiger partial charge in [-0.2, -0.15) is 0 Å². The molecule has 2 rings (SSSR count). The van der Waals surface area contributed by atoms with Crippen LogP contribution in [0.3, 0.4) is 0 Å². The number of halogens is 1. The molecule has 1 aliphatic rings. The maximum Gasteiger partial charge on any atom is 0.306 e. The van der Waals surface area contributed by atoms with Crippen LogP contribution in [-0.4, -0.2) is 21.8 Å². The monoisotopic (exact) mass is 252 g/mol. The van der Waals surface area contributed by atoms with Gasteiger partial charge in [-0.15, -0.1) is 0 Å². The number of carboxylic acids is 1. The van der Waals surface area contributed by atoms with Crippen LogP contribution in [0.4, 0.5) is 4.39 Å². The van der Waals surface area contributed by atoms with Crippen molar-refractivity contribution in [3.63, 3.8) is 0 Å². The fourth-order valence-corrected chi connectivity index (χ4v) is 2.90. The van der Waals surface area contributed by atoms with E-state index in [1.54, 1.807) is 18.2 Å². The Morgan fingerprint density at radius 2 is 2.11 bits per heavy atom. The molecule has 1 saturated carbocycles. The summed E-state index contributed by atoms with van der Waals surface area (Å²) in [7, 11) is 0. The Hall–Kier alpha value is -1.42. The molecule has 0 heterocycles. The zero-order valence-corrected chi connectivity index (χ0v) is 10.1. The summed E-state index contributed by atoms with van der Waals surface area (Å²) in [6.07, 6.45) is 2.39. The van der Waals surface area contributed by atoms with Gasteiger partial charge in [0.1, 0.15) is 5.82 Å². The van der Waals surface area contributed by atoms with Crippen molar-refractivity contribution in [2.24, 2.45) is 0 Å². The first-order chi connectivity index (χ1) is 8.53. The van der Waals surface area contributed by atoms with Crippen LogP contribution >= 0.6 is 0 Å². The van der Waals surface area contributed by atoms with Crippen molar-refractivity contribution in [2.45, 2.75) is 43.6 Å². The predicted molar refractivity (Wildman–Crippen MR) is 64.8 cm³/mol. The minimum Gasteiger partial charge on any atom is -0.481 e. The number of hydrogen-bond acceptors (Lipinski definition) is 2. The van der Waals surface area contributed by atoms with Gasteiger partial charge >= 0.3 is 5.97 Å². The van der Waals surface area contributed by atoms with Crippen LogP contribution in [0.25, 0.3) is 0 Å². The Kier molecular flexibility index (Phi) is 3.66. The molecule has 0 amide bonds. The number of rotatable bonds is 3. The Labute approximate surface area is 105 Å². The first-order valence-corrected chi connectivity index (χ1v) is 6.21. The van der Waals surface area contributed by atoms with Crippen molar-refractivity contribution in [3.8, 4) is 0 Å². The number of aliphatic carboxylic acids is 1. The third-order valence-corrected chi connectivity index (χ3v) is 3.74. The van der Waals surface area contributed by atoms with Gasteiger partial charge in [0.25, 0.3) is 0 Å². The van der Waals surface area contributed by atoms with Gasteiger partial charge in [-0.1, -0.05) is 31.0 Å². The summed E-state index contributed by atoms with van der Waals surface area (Å²) in [6.45, 7) is 0. The molecular weight excluding hydrogens is 235 g/mol. The van der Waals surface area contributed by atoms with Gasteiger partial charge in [-0.3, -0.25) is 4.79 Å². The molecule has 98 valence electrons. The summed E-state index contributed by atoms with van der Waals surface area (Å²) >= 11 is 0. The Balaban J connectivity index is 2.34. The van der Waals surface area contributed by atoms with E-state index in [2.05, 4.69) is 0 Å². The highest BCUT2D eigenvalue weighted by Crippen LogP contribution is 2.43. The standard InChI is InChI=1S/C14H17FO3/c15-12-7-2-1-5-10(12)11-6-3-4-8-14(11,18)9-13(16)17/h1-2,5,7,11,18H,3-4,6,8-9H2,(H,16,17). The van der Waals surface area contributed by atoms with Gasteiger partial charge in [0.2, 0.25) is 0 Å². The van der Waals surface area contributed by atoms with Crippen molar-refractivity contribution in [2.75, 3.05) is 0 Å². The molecule has 1 aromatic carbocycles. The van der Waals surface area contributed by atoms with E-state index in [1.807, 2.05) is 0 Å². The van der Waals surface area contributed by atoms with Crippen LogP contribution in [0, 0.1) is 5.82 Å². The van der Waals surface area contributed by atoms with E-state index < -0.39 is 17.5 Å². The molecule has 0 aliphatic heterocycles. The topological polar surface area (TPSA) is 57.5 Å². The molecule has 0 saturated heterocycles. The molecule has 2 atom stereocenters. The molecule has 0 aromatic heterocycles. The van der Waals surface area contributed by atoms with E-state index in [1.165, 1.54) is 6.07 Å². The zero-order valence-electron chi connectivity index (χ0n) is 10.1. The van der Waals surface area contributed by atoms with Crippen LogP contribution in [0.1, 0.15) is 43.6 Å². The average molecular weight is 252 g/mol. The summed E-state index contributed by atoms with van der Waals surface area (Å²) in [4.78, 5) is 10.9. The lowest BCUT2D eigenvalue weighted by Gasteiger charge is -2.39. The molecule has 0 spiro atoms. The number of carbonyl (C=O) groups is 1. The van der Waals surface area contributed by atoms with Crippen molar-refractivity contribution in [1.82, 2.24) is 0 Å². The van der Waals surface area contributed by atoms with Crippen LogP contribution in [0.5, 0.6) is 0 Å². The Morgan fingerprint density at radius 1 is 1.39 bits per heavy atom. The van der Waals surface area contributed by atoms with E-state index >= 15 is 0 Å². The Bertz CT molecular complexity index is 446. The van der Waals surface area contributed by atoms with Gasteiger partial charge in [0, 0.05) is 5.92 Å². The molecule has 2 unspecified atom stereocenters. The first kappa shape index (κ1) is 13.0.